The zero-order valence-corrected chi connectivity index (χ0v) is 20.8. The van der Waals surface area contributed by atoms with Gasteiger partial charge in [-0.3, -0.25) is 9.48 Å². The Morgan fingerprint density at radius 1 is 1.00 bits per heavy atom. The third kappa shape index (κ3) is 4.47. The average Bonchev–Trinajstić information content (AvgIpc) is 3.31. The molecule has 3 aromatic heterocycles. The molecule has 0 radical (unpaired) electrons. The van der Waals surface area contributed by atoms with E-state index in [1.54, 1.807) is 21.6 Å². The van der Waals surface area contributed by atoms with E-state index in [-0.39, 0.29) is 12.5 Å². The minimum atomic E-state index is -0.392. The molecule has 9 heteroatoms. The molecule has 0 unspecified atom stereocenters. The Labute approximate surface area is 212 Å². The van der Waals surface area contributed by atoms with Crippen molar-refractivity contribution in [2.75, 3.05) is 5.32 Å². The molecule has 182 valence electrons. The summed E-state index contributed by atoms with van der Waals surface area (Å²) in [5.41, 5.74) is 6.36. The molecule has 0 aliphatic carbocycles. The Morgan fingerprint density at radius 3 is 2.50 bits per heavy atom. The molecule has 1 amide bonds. The predicted molar refractivity (Wildman–Crippen MR) is 139 cm³/mol. The molecule has 0 aliphatic heterocycles. The van der Waals surface area contributed by atoms with Crippen LogP contribution in [0.25, 0.3) is 22.2 Å². The van der Waals surface area contributed by atoms with Gasteiger partial charge in [-0.2, -0.15) is 10.2 Å². The van der Waals surface area contributed by atoms with Crippen LogP contribution in [0.2, 0.25) is 5.02 Å². The monoisotopic (exact) mass is 502 g/mol. The second-order valence-electron chi connectivity index (χ2n) is 8.65. The van der Waals surface area contributed by atoms with Gasteiger partial charge >= 0.3 is 0 Å². The largest absolute Gasteiger partial charge is 0.321 e. The van der Waals surface area contributed by atoms with E-state index >= 15 is 0 Å². The number of halogens is 2. The number of rotatable bonds is 6. The Morgan fingerprint density at radius 2 is 1.75 bits per heavy atom. The van der Waals surface area contributed by atoms with Crippen LogP contribution in [0.15, 0.2) is 60.8 Å². The molecule has 0 fully saturated rings. The first-order valence-electron chi connectivity index (χ1n) is 11.5. The first kappa shape index (κ1) is 23.7. The van der Waals surface area contributed by atoms with Crippen LogP contribution in [-0.2, 0) is 17.9 Å². The van der Waals surface area contributed by atoms with Gasteiger partial charge < -0.3 is 5.32 Å². The van der Waals surface area contributed by atoms with Crippen molar-refractivity contribution in [3.8, 4) is 11.1 Å². The number of aromatic nitrogens is 5. The number of carbonyl (C=O) groups excluding carboxylic acids is 1. The lowest BCUT2D eigenvalue weighted by Gasteiger charge is -2.09. The van der Waals surface area contributed by atoms with Crippen LogP contribution in [0.3, 0.4) is 0 Å². The van der Waals surface area contributed by atoms with Crippen LogP contribution in [-0.4, -0.2) is 30.5 Å². The van der Waals surface area contributed by atoms with Crippen LogP contribution in [0.4, 0.5) is 10.1 Å². The lowest BCUT2D eigenvalue weighted by molar-refractivity contribution is -0.116. The lowest BCUT2D eigenvalue weighted by atomic mass is 10.0. The Hall–Kier alpha value is -4.04. The van der Waals surface area contributed by atoms with Crippen molar-refractivity contribution in [2.45, 2.75) is 33.9 Å². The van der Waals surface area contributed by atoms with Crippen molar-refractivity contribution in [3.63, 3.8) is 0 Å². The molecule has 2 aromatic carbocycles. The van der Waals surface area contributed by atoms with Crippen molar-refractivity contribution in [2.24, 2.45) is 0 Å². The Bertz CT molecular complexity index is 1590. The molecule has 3 heterocycles. The molecule has 7 nitrogen and oxygen atoms in total. The number of pyridine rings is 1. The van der Waals surface area contributed by atoms with Gasteiger partial charge in [-0.1, -0.05) is 48.0 Å². The quantitative estimate of drug-likeness (QED) is 0.323. The van der Waals surface area contributed by atoms with E-state index in [2.05, 4.69) is 20.5 Å². The zero-order chi connectivity index (χ0) is 25.4. The number of benzene rings is 2. The second-order valence-corrected chi connectivity index (χ2v) is 9.06. The highest BCUT2D eigenvalue weighted by molar-refractivity contribution is 6.31. The smallest absolute Gasteiger partial charge is 0.246 e. The van der Waals surface area contributed by atoms with Gasteiger partial charge in [0.2, 0.25) is 5.91 Å². The number of hydrogen-bond donors (Lipinski definition) is 1. The molecule has 36 heavy (non-hydrogen) atoms. The first-order chi connectivity index (χ1) is 17.3. The van der Waals surface area contributed by atoms with E-state index in [0.717, 1.165) is 33.5 Å². The molecule has 1 N–H and O–H groups in total. The summed E-state index contributed by atoms with van der Waals surface area (Å²) in [5.74, 6) is -0.631. The highest BCUT2D eigenvalue weighted by Gasteiger charge is 2.19. The molecular formula is C27H24ClFN6O. The summed E-state index contributed by atoms with van der Waals surface area (Å²) < 4.78 is 16.8. The molecule has 0 atom stereocenters. The predicted octanol–water partition coefficient (Wildman–Crippen LogP) is 5.70. The maximum atomic E-state index is 13.4. The van der Waals surface area contributed by atoms with Crippen LogP contribution in [0.5, 0.6) is 0 Å². The molecule has 0 bridgehead atoms. The number of amides is 1. The third-order valence-electron chi connectivity index (χ3n) is 6.17. The normalized spacial score (nSPS) is 11.2. The fourth-order valence-corrected chi connectivity index (χ4v) is 4.64. The fourth-order valence-electron chi connectivity index (χ4n) is 4.41. The van der Waals surface area contributed by atoms with Gasteiger partial charge in [0.25, 0.3) is 0 Å². The van der Waals surface area contributed by atoms with Crippen LogP contribution in [0.1, 0.15) is 22.6 Å². The standard InChI is InChI=1S/C27H24ClFN6O/c1-16-25-22(19-7-5-4-6-8-19)11-12-30-27(25)35(32-16)15-24(36)31-26-17(2)33-34(18(26)3)14-20-9-10-21(29)13-23(20)28/h4-13H,14-15H2,1-3H3,(H,31,36). The molecule has 0 spiro atoms. The van der Waals surface area contributed by atoms with Crippen molar-refractivity contribution in [1.82, 2.24) is 24.5 Å². The summed E-state index contributed by atoms with van der Waals surface area (Å²) in [6.45, 7) is 5.98. The van der Waals surface area contributed by atoms with Crippen LogP contribution >= 0.6 is 11.6 Å². The maximum Gasteiger partial charge on any atom is 0.246 e. The highest BCUT2D eigenvalue weighted by atomic mass is 35.5. The minimum Gasteiger partial charge on any atom is -0.321 e. The van der Waals surface area contributed by atoms with E-state index in [1.165, 1.54) is 12.1 Å². The Balaban J connectivity index is 1.38. The summed E-state index contributed by atoms with van der Waals surface area (Å²) in [6.07, 6.45) is 1.74. The lowest BCUT2D eigenvalue weighted by Crippen LogP contribution is -2.20. The number of aryl methyl sites for hydroxylation is 2. The molecule has 0 saturated carbocycles. The third-order valence-corrected chi connectivity index (χ3v) is 6.52. The van der Waals surface area contributed by atoms with E-state index in [0.29, 0.717) is 28.6 Å². The van der Waals surface area contributed by atoms with E-state index in [1.807, 2.05) is 57.2 Å². The summed E-state index contributed by atoms with van der Waals surface area (Å²) in [6, 6.07) is 16.3. The fraction of sp³-hybridized carbons (Fsp3) is 0.185. The molecule has 5 rings (SSSR count). The Kier molecular flexibility index (Phi) is 6.28. The van der Waals surface area contributed by atoms with E-state index < -0.39 is 5.82 Å². The summed E-state index contributed by atoms with van der Waals surface area (Å²) in [5, 5.41) is 13.4. The summed E-state index contributed by atoms with van der Waals surface area (Å²) in [7, 11) is 0. The van der Waals surface area contributed by atoms with Gasteiger partial charge in [0.1, 0.15) is 12.4 Å². The number of hydrogen-bond acceptors (Lipinski definition) is 4. The number of fused-ring (bicyclic) bond motifs is 1. The highest BCUT2D eigenvalue weighted by Crippen LogP contribution is 2.30. The number of anilines is 1. The van der Waals surface area contributed by atoms with E-state index in [4.69, 9.17) is 11.6 Å². The van der Waals surface area contributed by atoms with Gasteiger partial charge in [-0.15, -0.1) is 0 Å². The van der Waals surface area contributed by atoms with E-state index in [9.17, 15) is 9.18 Å². The van der Waals surface area contributed by atoms with Gasteiger partial charge in [0, 0.05) is 16.6 Å². The first-order valence-corrected chi connectivity index (χ1v) is 11.8. The SMILES string of the molecule is Cc1nn(Cc2ccc(F)cc2Cl)c(C)c1NC(=O)Cn1nc(C)c2c(-c3ccccc3)ccnc21. The van der Waals surface area contributed by atoms with Gasteiger partial charge in [-0.25, -0.2) is 14.1 Å². The van der Waals surface area contributed by atoms with Gasteiger partial charge in [0.15, 0.2) is 5.65 Å². The molecule has 0 saturated heterocycles. The van der Waals surface area contributed by atoms with Gasteiger partial charge in [-0.05, 0) is 55.7 Å². The second kappa shape index (κ2) is 9.54. The zero-order valence-electron chi connectivity index (χ0n) is 20.1. The van der Waals surface area contributed by atoms with Crippen molar-refractivity contribution < 1.29 is 9.18 Å². The molecule has 5 aromatic rings. The summed E-state index contributed by atoms with van der Waals surface area (Å²) >= 11 is 6.19. The van der Waals surface area contributed by atoms with Crippen LogP contribution in [0, 0.1) is 26.6 Å². The van der Waals surface area contributed by atoms with Gasteiger partial charge in [0.05, 0.1) is 29.3 Å². The number of nitrogens with one attached hydrogen (secondary N) is 1. The molecular weight excluding hydrogens is 479 g/mol. The van der Waals surface area contributed by atoms with Crippen molar-refractivity contribution in [3.05, 3.63) is 94.3 Å². The summed E-state index contributed by atoms with van der Waals surface area (Å²) in [4.78, 5) is 17.6. The number of carbonyl (C=O) groups is 1. The molecule has 0 aliphatic rings. The van der Waals surface area contributed by atoms with Crippen molar-refractivity contribution >= 4 is 34.2 Å². The van der Waals surface area contributed by atoms with Crippen molar-refractivity contribution in [1.29, 1.82) is 0 Å². The number of nitrogens with zero attached hydrogens (tertiary/aromatic N) is 5. The average molecular weight is 503 g/mol. The van der Waals surface area contributed by atoms with Crippen LogP contribution < -0.4 is 5.32 Å². The minimum absolute atomic E-state index is 0.00341. The maximum absolute atomic E-state index is 13.4. The topological polar surface area (TPSA) is 77.6 Å².